The topological polar surface area (TPSA) is 119 Å². The molecule has 0 aromatic carbocycles. The van der Waals surface area contributed by atoms with Crippen molar-refractivity contribution in [1.29, 1.82) is 0 Å². The number of nitrogen functional groups attached to an aromatic ring is 1. The second-order valence-corrected chi connectivity index (χ2v) is 12.8. The third kappa shape index (κ3) is 5.10. The van der Waals surface area contributed by atoms with Crippen molar-refractivity contribution in [3.8, 4) is 22.9 Å². The summed E-state index contributed by atoms with van der Waals surface area (Å²) in [7, 11) is 1.64. The molecular formula is C32H39N9O3. The van der Waals surface area contributed by atoms with Crippen LogP contribution in [0.5, 0.6) is 11.6 Å². The summed E-state index contributed by atoms with van der Waals surface area (Å²) in [5.41, 5.74) is 11.0. The predicted octanol–water partition coefficient (Wildman–Crippen LogP) is 2.73. The summed E-state index contributed by atoms with van der Waals surface area (Å²) in [6.45, 7) is 8.34. The number of nitrogens with zero attached hydrogens (tertiary/aromatic N) is 8. The number of nitrogens with two attached hydrogens (primary N) is 1. The van der Waals surface area contributed by atoms with E-state index in [0.29, 0.717) is 35.7 Å². The highest BCUT2D eigenvalue weighted by molar-refractivity contribution is 5.87. The Kier molecular flexibility index (Phi) is 6.99. The Balaban J connectivity index is 0.920. The summed E-state index contributed by atoms with van der Waals surface area (Å²) in [4.78, 5) is 21.5. The normalized spacial score (nSPS) is 23.0. The van der Waals surface area contributed by atoms with Gasteiger partial charge in [-0.15, -0.1) is 0 Å². The Morgan fingerprint density at radius 3 is 2.55 bits per heavy atom. The molecule has 2 bridgehead atoms. The monoisotopic (exact) mass is 597 g/mol. The predicted molar refractivity (Wildman–Crippen MR) is 166 cm³/mol. The fourth-order valence-corrected chi connectivity index (χ4v) is 7.21. The Labute approximate surface area is 256 Å². The lowest BCUT2D eigenvalue weighted by molar-refractivity contribution is -0.139. The third-order valence-corrected chi connectivity index (χ3v) is 9.98. The molecule has 44 heavy (non-hydrogen) atoms. The lowest BCUT2D eigenvalue weighted by Gasteiger charge is -2.56. The van der Waals surface area contributed by atoms with E-state index in [2.05, 4.69) is 30.8 Å². The maximum atomic E-state index is 6.34. The molecule has 5 saturated heterocycles. The first-order valence-corrected chi connectivity index (χ1v) is 15.6. The van der Waals surface area contributed by atoms with E-state index in [4.69, 9.17) is 29.9 Å². The Hall–Kier alpha value is -4.00. The average Bonchev–Trinajstić information content (AvgIpc) is 3.43. The molecule has 0 amide bonds. The third-order valence-electron chi connectivity index (χ3n) is 9.98. The zero-order valence-electron chi connectivity index (χ0n) is 25.1. The first-order valence-electron chi connectivity index (χ1n) is 15.6. The molecule has 1 spiro atoms. The van der Waals surface area contributed by atoms with Crippen LogP contribution in [0, 0.1) is 5.41 Å². The lowest BCUT2D eigenvalue weighted by Crippen LogP contribution is -2.68. The van der Waals surface area contributed by atoms with E-state index in [-0.39, 0.29) is 0 Å². The van der Waals surface area contributed by atoms with E-state index in [1.807, 2.05) is 36.9 Å². The van der Waals surface area contributed by atoms with Gasteiger partial charge in [0, 0.05) is 61.5 Å². The quantitative estimate of drug-likeness (QED) is 0.307. The number of piperazine rings is 1. The number of anilines is 2. The number of fused-ring (bicyclic) bond motifs is 3. The molecule has 9 rings (SSSR count). The highest BCUT2D eigenvalue weighted by atomic mass is 16.5. The summed E-state index contributed by atoms with van der Waals surface area (Å²) < 4.78 is 18.7. The molecule has 0 radical (unpaired) electrons. The summed E-state index contributed by atoms with van der Waals surface area (Å²) in [6, 6.07) is 7.03. The van der Waals surface area contributed by atoms with Gasteiger partial charge in [-0.1, -0.05) is 6.07 Å². The van der Waals surface area contributed by atoms with Gasteiger partial charge in [0.15, 0.2) is 0 Å². The molecule has 12 heteroatoms. The van der Waals surface area contributed by atoms with Crippen LogP contribution in [0.15, 0.2) is 49.2 Å². The smallest absolute Gasteiger partial charge is 0.212 e. The number of ether oxygens (including phenoxy) is 3. The van der Waals surface area contributed by atoms with Gasteiger partial charge in [-0.3, -0.25) is 14.8 Å². The van der Waals surface area contributed by atoms with Crippen molar-refractivity contribution in [2.75, 3.05) is 70.3 Å². The van der Waals surface area contributed by atoms with Crippen molar-refractivity contribution in [3.05, 3.63) is 54.7 Å². The van der Waals surface area contributed by atoms with Crippen LogP contribution in [0.3, 0.4) is 0 Å². The maximum absolute atomic E-state index is 6.34. The second-order valence-electron chi connectivity index (χ2n) is 12.8. The number of hydrogen-bond acceptors (Lipinski definition) is 11. The Morgan fingerprint density at radius 2 is 1.86 bits per heavy atom. The van der Waals surface area contributed by atoms with Gasteiger partial charge in [0.25, 0.3) is 0 Å². The summed E-state index contributed by atoms with van der Waals surface area (Å²) in [5, 5.41) is 4.46. The van der Waals surface area contributed by atoms with Crippen molar-refractivity contribution in [3.63, 3.8) is 0 Å². The fraction of sp³-hybridized carbons (Fsp3) is 0.500. The van der Waals surface area contributed by atoms with Gasteiger partial charge in [-0.25, -0.2) is 14.5 Å². The number of hydrogen-bond donors (Lipinski definition) is 1. The average molecular weight is 598 g/mol. The van der Waals surface area contributed by atoms with Crippen LogP contribution in [0.1, 0.15) is 24.8 Å². The molecule has 4 aromatic rings. The molecule has 12 nitrogen and oxygen atoms in total. The van der Waals surface area contributed by atoms with E-state index < -0.39 is 0 Å². The van der Waals surface area contributed by atoms with Crippen LogP contribution in [0.25, 0.3) is 16.8 Å². The molecule has 2 N–H and O–H groups in total. The van der Waals surface area contributed by atoms with Gasteiger partial charge in [0.1, 0.15) is 18.2 Å². The molecule has 5 aliphatic rings. The van der Waals surface area contributed by atoms with E-state index in [1.54, 1.807) is 17.8 Å². The van der Waals surface area contributed by atoms with Gasteiger partial charge in [-0.2, -0.15) is 5.10 Å². The molecule has 5 fully saturated rings. The van der Waals surface area contributed by atoms with Crippen molar-refractivity contribution >= 4 is 17.0 Å². The zero-order valence-corrected chi connectivity index (χ0v) is 25.1. The van der Waals surface area contributed by atoms with Crippen LogP contribution in [0.2, 0.25) is 0 Å². The van der Waals surface area contributed by atoms with Crippen molar-refractivity contribution in [1.82, 2.24) is 34.4 Å². The van der Waals surface area contributed by atoms with Gasteiger partial charge < -0.3 is 24.8 Å². The maximum Gasteiger partial charge on any atom is 0.212 e. The van der Waals surface area contributed by atoms with Gasteiger partial charge in [-0.05, 0) is 44.0 Å². The molecular weight excluding hydrogens is 558 g/mol. The number of likely N-dealkylation sites (tertiary alicyclic amines) is 1. The minimum atomic E-state index is 0.443. The summed E-state index contributed by atoms with van der Waals surface area (Å²) in [6.07, 6.45) is 12.8. The fourth-order valence-electron chi connectivity index (χ4n) is 7.21. The summed E-state index contributed by atoms with van der Waals surface area (Å²) >= 11 is 0. The molecule has 0 aliphatic carbocycles. The first-order chi connectivity index (χ1) is 21.6. The van der Waals surface area contributed by atoms with Crippen LogP contribution in [-0.2, 0) is 11.3 Å². The molecule has 5 aliphatic heterocycles. The van der Waals surface area contributed by atoms with Crippen LogP contribution < -0.4 is 20.1 Å². The van der Waals surface area contributed by atoms with E-state index in [9.17, 15) is 0 Å². The van der Waals surface area contributed by atoms with E-state index in [1.165, 1.54) is 24.8 Å². The minimum absolute atomic E-state index is 0.443. The first kappa shape index (κ1) is 27.5. The molecule has 9 heterocycles. The number of piperidine rings is 2. The standard InChI is InChI=1S/C32H39N9O3/c1-42-30-3-2-22(12-36-30)16-40-23-10-24(40)18-39(17-23)29-15-34-28(14-35-29)26-11-25(19-41-31(26)27(33)13-37-41)44-9-8-38-6-4-32(5-7-38)20-43-21-32/h2-3,11-15,19,23-24H,4-10,16-18,20-21,33H2,1H3. The SMILES string of the molecule is COc1ccc(CN2C3CC2CN(c2cnc(-c4cc(OCCN5CCC6(CC5)COC6)cn5ncc(N)c45)cn2)C3)cn1. The molecule has 2 unspecified atom stereocenters. The van der Waals surface area contributed by atoms with E-state index in [0.717, 1.165) is 80.8 Å². The summed E-state index contributed by atoms with van der Waals surface area (Å²) in [5.74, 6) is 2.29. The van der Waals surface area contributed by atoms with Gasteiger partial charge in [0.2, 0.25) is 5.88 Å². The molecule has 2 atom stereocenters. The highest BCUT2D eigenvalue weighted by Crippen LogP contribution is 2.39. The van der Waals surface area contributed by atoms with Crippen molar-refractivity contribution in [2.24, 2.45) is 5.41 Å². The van der Waals surface area contributed by atoms with Crippen LogP contribution in [-0.4, -0.2) is 106 Å². The zero-order chi connectivity index (χ0) is 29.7. The van der Waals surface area contributed by atoms with Gasteiger partial charge in [0.05, 0.1) is 62.0 Å². The largest absolute Gasteiger partial charge is 0.491 e. The Bertz CT molecular complexity index is 1600. The number of pyridine rings is 2. The second kappa shape index (κ2) is 11.2. The van der Waals surface area contributed by atoms with Crippen molar-refractivity contribution in [2.45, 2.75) is 37.9 Å². The number of aromatic nitrogens is 5. The van der Waals surface area contributed by atoms with Crippen molar-refractivity contribution < 1.29 is 14.2 Å². The van der Waals surface area contributed by atoms with Crippen LogP contribution >= 0.6 is 0 Å². The van der Waals surface area contributed by atoms with Gasteiger partial charge >= 0.3 is 0 Å². The molecule has 4 aromatic heterocycles. The lowest BCUT2D eigenvalue weighted by atomic mass is 9.77. The molecule has 0 saturated carbocycles. The minimum Gasteiger partial charge on any atom is -0.491 e. The van der Waals surface area contributed by atoms with Crippen LogP contribution in [0.4, 0.5) is 11.5 Å². The number of methoxy groups -OCH3 is 1. The van der Waals surface area contributed by atoms with E-state index >= 15 is 0 Å². The Morgan fingerprint density at radius 1 is 1.02 bits per heavy atom. The highest BCUT2D eigenvalue weighted by Gasteiger charge is 2.45. The number of rotatable bonds is 9. The molecule has 230 valence electrons.